The van der Waals surface area contributed by atoms with Crippen molar-refractivity contribution in [1.29, 1.82) is 0 Å². The maximum absolute atomic E-state index is 11.4. The van der Waals surface area contributed by atoms with Gasteiger partial charge in [-0.15, -0.1) is 0 Å². The van der Waals surface area contributed by atoms with Crippen LogP contribution in [-0.4, -0.2) is 30.6 Å². The molecule has 1 rings (SSSR count). The molecule has 0 aromatic heterocycles. The van der Waals surface area contributed by atoms with Gasteiger partial charge in [0.15, 0.2) is 0 Å². The van der Waals surface area contributed by atoms with Gasteiger partial charge in [-0.25, -0.2) is 0 Å². The van der Waals surface area contributed by atoms with Crippen LogP contribution in [0.3, 0.4) is 0 Å². The Morgan fingerprint density at radius 3 is 2.56 bits per heavy atom. The van der Waals surface area contributed by atoms with Gasteiger partial charge in [0.2, 0.25) is 0 Å². The fourth-order valence-electron chi connectivity index (χ4n) is 1.84. The van der Waals surface area contributed by atoms with Gasteiger partial charge in [0.05, 0.1) is 13.7 Å². The Labute approximate surface area is 110 Å². The van der Waals surface area contributed by atoms with Gasteiger partial charge in [-0.1, -0.05) is 23.8 Å². The second kappa shape index (κ2) is 6.55. The van der Waals surface area contributed by atoms with Crippen molar-refractivity contribution in [3.8, 4) is 0 Å². The summed E-state index contributed by atoms with van der Waals surface area (Å²) in [5.74, 6) is -0.186. The summed E-state index contributed by atoms with van der Waals surface area (Å²) in [7, 11) is 1.43. The zero-order chi connectivity index (χ0) is 13.7. The average Bonchev–Trinajstić information content (AvgIpc) is 2.32. The second-order valence-corrected chi connectivity index (χ2v) is 5.00. The van der Waals surface area contributed by atoms with Gasteiger partial charge >= 0.3 is 5.97 Å². The Kier molecular flexibility index (Phi) is 5.35. The van der Waals surface area contributed by atoms with Gasteiger partial charge in [-0.3, -0.25) is 9.69 Å². The zero-order valence-corrected chi connectivity index (χ0v) is 12.0. The highest BCUT2D eigenvalue weighted by atomic mass is 16.5. The number of esters is 1. The molecule has 0 aliphatic carbocycles. The first kappa shape index (κ1) is 14.7. The van der Waals surface area contributed by atoms with Crippen LogP contribution in [0, 0.1) is 13.8 Å². The molecule has 0 bridgehead atoms. The molecule has 0 atom stereocenters. The highest BCUT2D eigenvalue weighted by Crippen LogP contribution is 2.15. The van der Waals surface area contributed by atoms with Crippen LogP contribution < -0.4 is 0 Å². The maximum Gasteiger partial charge on any atom is 0.319 e. The average molecular weight is 249 g/mol. The first-order valence-electron chi connectivity index (χ1n) is 6.31. The molecule has 3 nitrogen and oxygen atoms in total. The van der Waals surface area contributed by atoms with Crippen LogP contribution in [0.15, 0.2) is 18.2 Å². The Hall–Kier alpha value is -1.35. The van der Waals surface area contributed by atoms with E-state index in [0.717, 1.165) is 6.54 Å². The van der Waals surface area contributed by atoms with Gasteiger partial charge in [-0.05, 0) is 38.8 Å². The summed E-state index contributed by atoms with van der Waals surface area (Å²) >= 11 is 0. The molecule has 0 saturated heterocycles. The number of rotatable bonds is 5. The van der Waals surface area contributed by atoms with Gasteiger partial charge in [0.1, 0.15) is 0 Å². The molecule has 0 radical (unpaired) electrons. The van der Waals surface area contributed by atoms with E-state index >= 15 is 0 Å². The number of ether oxygens (including phenoxy) is 1. The van der Waals surface area contributed by atoms with Gasteiger partial charge in [0.25, 0.3) is 0 Å². The highest BCUT2D eigenvalue weighted by Gasteiger charge is 2.15. The van der Waals surface area contributed by atoms with Crippen molar-refractivity contribution in [3.05, 3.63) is 34.9 Å². The van der Waals surface area contributed by atoms with E-state index < -0.39 is 0 Å². The van der Waals surface area contributed by atoms with Crippen LogP contribution >= 0.6 is 0 Å². The van der Waals surface area contributed by atoms with E-state index in [9.17, 15) is 4.79 Å². The molecule has 100 valence electrons. The molecule has 0 fully saturated rings. The summed E-state index contributed by atoms with van der Waals surface area (Å²) in [4.78, 5) is 13.5. The van der Waals surface area contributed by atoms with Crippen molar-refractivity contribution < 1.29 is 9.53 Å². The smallest absolute Gasteiger partial charge is 0.319 e. The molecule has 0 unspecified atom stereocenters. The summed E-state index contributed by atoms with van der Waals surface area (Å²) in [6, 6.07) is 6.73. The van der Waals surface area contributed by atoms with E-state index in [0.29, 0.717) is 12.6 Å². The Morgan fingerprint density at radius 1 is 1.33 bits per heavy atom. The van der Waals surface area contributed by atoms with Crippen LogP contribution in [0.4, 0.5) is 0 Å². The van der Waals surface area contributed by atoms with E-state index in [1.807, 2.05) is 0 Å². The minimum atomic E-state index is -0.186. The lowest BCUT2D eigenvalue weighted by Crippen LogP contribution is -2.35. The lowest BCUT2D eigenvalue weighted by molar-refractivity contribution is -0.142. The summed E-state index contributed by atoms with van der Waals surface area (Å²) in [5.41, 5.74) is 3.78. The second-order valence-electron chi connectivity index (χ2n) is 5.00. The van der Waals surface area contributed by atoms with Crippen LogP contribution in [0.25, 0.3) is 0 Å². The molecule has 0 heterocycles. The number of carbonyl (C=O) groups is 1. The topological polar surface area (TPSA) is 29.5 Å². The van der Waals surface area contributed by atoms with E-state index in [1.54, 1.807) is 0 Å². The molecule has 1 aromatic carbocycles. The van der Waals surface area contributed by atoms with Crippen molar-refractivity contribution >= 4 is 5.97 Å². The minimum absolute atomic E-state index is 0.186. The van der Waals surface area contributed by atoms with Crippen LogP contribution in [0.2, 0.25) is 0 Å². The van der Waals surface area contributed by atoms with Crippen molar-refractivity contribution in [3.63, 3.8) is 0 Å². The quantitative estimate of drug-likeness (QED) is 0.751. The lowest BCUT2D eigenvalue weighted by atomic mass is 10.0. The summed E-state index contributed by atoms with van der Waals surface area (Å²) in [6.45, 7) is 9.48. The molecule has 1 aromatic rings. The highest BCUT2D eigenvalue weighted by molar-refractivity contribution is 5.71. The predicted molar refractivity (Wildman–Crippen MR) is 73.5 cm³/mol. The van der Waals surface area contributed by atoms with Crippen LogP contribution in [-0.2, 0) is 16.1 Å². The number of aryl methyl sites for hydroxylation is 2. The van der Waals surface area contributed by atoms with Gasteiger partial charge in [-0.2, -0.15) is 0 Å². The van der Waals surface area contributed by atoms with E-state index in [4.69, 9.17) is 4.74 Å². The van der Waals surface area contributed by atoms with E-state index in [2.05, 4.69) is 50.8 Å². The third-order valence-electron chi connectivity index (χ3n) is 3.17. The molecule has 0 aliphatic rings. The molecule has 0 amide bonds. The standard InChI is InChI=1S/C15H23NO2/c1-11(2)16(10-15(17)18-5)9-14-8-12(3)6-7-13(14)4/h6-8,11H,9-10H2,1-5H3. The van der Waals surface area contributed by atoms with E-state index in [1.165, 1.54) is 23.8 Å². The van der Waals surface area contributed by atoms with Gasteiger partial charge in [0, 0.05) is 12.6 Å². The Bertz CT molecular complexity index is 413. The van der Waals surface area contributed by atoms with Crippen molar-refractivity contribution in [2.24, 2.45) is 0 Å². The monoisotopic (exact) mass is 249 g/mol. The minimum Gasteiger partial charge on any atom is -0.468 e. The SMILES string of the molecule is COC(=O)CN(Cc1cc(C)ccc1C)C(C)C. The molecule has 3 heteroatoms. The van der Waals surface area contributed by atoms with Crippen molar-refractivity contribution in [1.82, 2.24) is 4.90 Å². The third-order valence-corrected chi connectivity index (χ3v) is 3.17. The number of carbonyl (C=O) groups excluding carboxylic acids is 1. The Morgan fingerprint density at radius 2 is 2.00 bits per heavy atom. The fourth-order valence-corrected chi connectivity index (χ4v) is 1.84. The molecular formula is C15H23NO2. The summed E-state index contributed by atoms with van der Waals surface area (Å²) < 4.78 is 4.74. The van der Waals surface area contributed by atoms with Crippen molar-refractivity contribution in [2.45, 2.75) is 40.3 Å². The third kappa shape index (κ3) is 4.15. The molecule has 0 spiro atoms. The first-order chi connectivity index (χ1) is 8.43. The molecule has 18 heavy (non-hydrogen) atoms. The summed E-state index contributed by atoms with van der Waals surface area (Å²) in [5, 5.41) is 0. The number of methoxy groups -OCH3 is 1. The van der Waals surface area contributed by atoms with Crippen LogP contribution in [0.1, 0.15) is 30.5 Å². The lowest BCUT2D eigenvalue weighted by Gasteiger charge is -2.26. The Balaban J connectivity index is 2.83. The molecule has 0 N–H and O–H groups in total. The van der Waals surface area contributed by atoms with Crippen LogP contribution in [0.5, 0.6) is 0 Å². The molecular weight excluding hydrogens is 226 g/mol. The maximum atomic E-state index is 11.4. The number of hydrogen-bond donors (Lipinski definition) is 0. The summed E-state index contributed by atoms with van der Waals surface area (Å²) in [6.07, 6.45) is 0. The van der Waals surface area contributed by atoms with Crippen molar-refractivity contribution in [2.75, 3.05) is 13.7 Å². The predicted octanol–water partition coefficient (Wildman–Crippen LogP) is 2.69. The molecule has 0 saturated carbocycles. The normalized spacial score (nSPS) is 11.1. The molecule has 0 aliphatic heterocycles. The number of hydrogen-bond acceptors (Lipinski definition) is 3. The first-order valence-corrected chi connectivity index (χ1v) is 6.31. The zero-order valence-electron chi connectivity index (χ0n) is 12.0. The fraction of sp³-hybridized carbons (Fsp3) is 0.533. The number of nitrogens with zero attached hydrogens (tertiary/aromatic N) is 1. The van der Waals surface area contributed by atoms with E-state index in [-0.39, 0.29) is 5.97 Å². The largest absolute Gasteiger partial charge is 0.468 e. The number of benzene rings is 1. The van der Waals surface area contributed by atoms with Gasteiger partial charge < -0.3 is 4.74 Å².